The van der Waals surface area contributed by atoms with E-state index in [1.807, 2.05) is 26.8 Å². The van der Waals surface area contributed by atoms with E-state index in [1.54, 1.807) is 20.8 Å². The maximum atomic E-state index is 14.5. The zero-order chi connectivity index (χ0) is 35.2. The van der Waals surface area contributed by atoms with E-state index in [1.165, 1.54) is 6.92 Å². The minimum atomic E-state index is -1.95. The quantitative estimate of drug-likeness (QED) is 0.193. The molecule has 7 N–H and O–H groups in total. The van der Waals surface area contributed by atoms with Crippen LogP contribution in [0.25, 0.3) is 0 Å². The zero-order valence-electron chi connectivity index (χ0n) is 28.4. The van der Waals surface area contributed by atoms with Crippen LogP contribution in [-0.2, 0) is 23.9 Å². The van der Waals surface area contributed by atoms with Gasteiger partial charge in [-0.05, 0) is 74.9 Å². The Labute approximate surface area is 275 Å². The van der Waals surface area contributed by atoms with Gasteiger partial charge >= 0.3 is 0 Å². The van der Waals surface area contributed by atoms with Gasteiger partial charge in [0.05, 0.1) is 18.3 Å². The van der Waals surface area contributed by atoms with Crippen molar-refractivity contribution in [1.29, 1.82) is 0 Å². The molecule has 3 fully saturated rings. The molecular weight excluding hydrogens is 612 g/mol. The van der Waals surface area contributed by atoms with Gasteiger partial charge in [0.15, 0.2) is 17.3 Å². The van der Waals surface area contributed by atoms with Gasteiger partial charge in [-0.1, -0.05) is 26.8 Å². The third-order valence-corrected chi connectivity index (χ3v) is 12.9. The normalized spacial score (nSPS) is 45.1. The molecule has 264 valence electrons. The molecule has 12 heteroatoms. The summed E-state index contributed by atoms with van der Waals surface area (Å²) in [6, 6.07) is 0. The Morgan fingerprint density at radius 2 is 1.66 bits per heavy atom. The number of allylic oxidation sites excluding steroid dienone is 4. The summed E-state index contributed by atoms with van der Waals surface area (Å²) < 4.78 is 11.3. The third kappa shape index (κ3) is 5.38. The van der Waals surface area contributed by atoms with Gasteiger partial charge in [0.25, 0.3) is 0 Å². The fourth-order valence-corrected chi connectivity index (χ4v) is 10.1. The average Bonchev–Trinajstić information content (AvgIpc) is 3.18. The minimum absolute atomic E-state index is 0.0118. The number of fused-ring (bicyclic) bond motifs is 5. The number of rotatable bonds is 8. The van der Waals surface area contributed by atoms with E-state index in [2.05, 4.69) is 0 Å². The Morgan fingerprint density at radius 1 is 1.02 bits per heavy atom. The lowest BCUT2D eigenvalue weighted by Gasteiger charge is -2.63. The zero-order valence-corrected chi connectivity index (χ0v) is 28.4. The fourth-order valence-electron chi connectivity index (χ4n) is 10.1. The van der Waals surface area contributed by atoms with Crippen molar-refractivity contribution in [3.63, 3.8) is 0 Å². The highest BCUT2D eigenvalue weighted by atomic mass is 16.7. The van der Waals surface area contributed by atoms with E-state index >= 15 is 0 Å². The molecule has 1 aliphatic heterocycles. The molecular formula is C35H52O12. The van der Waals surface area contributed by atoms with E-state index in [9.17, 15) is 50.1 Å². The molecule has 0 bridgehead atoms. The first-order valence-corrected chi connectivity index (χ1v) is 16.7. The number of ether oxygens (including phenoxy) is 2. The van der Waals surface area contributed by atoms with Crippen LogP contribution in [0.3, 0.4) is 0 Å². The largest absolute Gasteiger partial charge is 0.458 e. The summed E-state index contributed by atoms with van der Waals surface area (Å²) in [5.74, 6) is -2.90. The Bertz CT molecular complexity index is 1370. The number of Topliss-reactive ketones (excluding diaryl/α,β-unsaturated/α-hetero) is 3. The molecule has 5 rings (SSSR count). The molecule has 0 aromatic heterocycles. The van der Waals surface area contributed by atoms with Crippen molar-refractivity contribution >= 4 is 17.3 Å². The summed E-state index contributed by atoms with van der Waals surface area (Å²) in [5, 5.41) is 74.0. The summed E-state index contributed by atoms with van der Waals surface area (Å²) in [7, 11) is 0. The van der Waals surface area contributed by atoms with Crippen LogP contribution in [0.15, 0.2) is 23.0 Å². The molecule has 1 saturated heterocycles. The average molecular weight is 665 g/mol. The SMILES string of the molecule is CC1=C(OC2O[C@H](CO)[C@@H](O)[C@H](O)[C@H]2O)C(=O)C[C@@H]2C1=CC[C@@H]1[C@@]2(C)C(=O)C[C@]2(C)C(C(C)(O)C(=O)CCC(C)(C)O)[C@H](O)C[C@@]12C. The predicted molar refractivity (Wildman–Crippen MR) is 166 cm³/mol. The summed E-state index contributed by atoms with van der Waals surface area (Å²) >= 11 is 0. The first-order chi connectivity index (χ1) is 21.6. The number of hydrogen-bond donors (Lipinski definition) is 7. The summed E-state index contributed by atoms with van der Waals surface area (Å²) in [5.41, 5.74) is -4.53. The Kier molecular flexibility index (Phi) is 9.10. The van der Waals surface area contributed by atoms with Crippen LogP contribution in [0.5, 0.6) is 0 Å². The van der Waals surface area contributed by atoms with Gasteiger partial charge in [0, 0.05) is 36.5 Å². The molecule has 1 heterocycles. The van der Waals surface area contributed by atoms with Crippen LogP contribution in [0.1, 0.15) is 87.0 Å². The molecule has 2 saturated carbocycles. The van der Waals surface area contributed by atoms with Crippen LogP contribution >= 0.6 is 0 Å². The molecule has 0 radical (unpaired) electrons. The van der Waals surface area contributed by atoms with Crippen molar-refractivity contribution in [2.24, 2.45) is 34.0 Å². The fraction of sp³-hybridized carbons (Fsp3) is 0.800. The summed E-state index contributed by atoms with van der Waals surface area (Å²) in [4.78, 5) is 41.7. The second-order valence-electron chi connectivity index (χ2n) is 16.2. The van der Waals surface area contributed by atoms with Gasteiger partial charge in [-0.15, -0.1) is 0 Å². The Morgan fingerprint density at radius 3 is 2.26 bits per heavy atom. The second kappa shape index (κ2) is 11.8. The van der Waals surface area contributed by atoms with Crippen molar-refractivity contribution in [3.8, 4) is 0 Å². The Hall–Kier alpha value is -2.03. The number of aliphatic hydroxyl groups is 7. The smallest absolute Gasteiger partial charge is 0.229 e. The highest BCUT2D eigenvalue weighted by molar-refractivity contribution is 5.99. The van der Waals surface area contributed by atoms with Gasteiger partial charge in [-0.3, -0.25) is 14.4 Å². The highest BCUT2D eigenvalue weighted by Gasteiger charge is 2.74. The summed E-state index contributed by atoms with van der Waals surface area (Å²) in [6.07, 6.45) is -6.16. The van der Waals surface area contributed by atoms with E-state index < -0.39 is 94.3 Å². The Balaban J connectivity index is 1.48. The topological polar surface area (TPSA) is 211 Å². The molecule has 13 atom stereocenters. The highest BCUT2D eigenvalue weighted by Crippen LogP contribution is 2.73. The lowest BCUT2D eigenvalue weighted by atomic mass is 9.39. The molecule has 5 aliphatic rings. The molecule has 3 unspecified atom stereocenters. The van der Waals surface area contributed by atoms with Crippen LogP contribution in [-0.4, -0.2) is 108 Å². The molecule has 12 nitrogen and oxygen atoms in total. The van der Waals surface area contributed by atoms with E-state index in [-0.39, 0.29) is 49.6 Å². The number of aliphatic hydroxyl groups excluding tert-OH is 5. The third-order valence-electron chi connectivity index (χ3n) is 12.9. The maximum absolute atomic E-state index is 14.5. The molecule has 0 amide bonds. The molecule has 0 spiro atoms. The van der Waals surface area contributed by atoms with Crippen molar-refractivity contribution in [1.82, 2.24) is 0 Å². The lowest BCUT2D eigenvalue weighted by Crippen LogP contribution is -2.64. The van der Waals surface area contributed by atoms with E-state index in [0.717, 1.165) is 5.57 Å². The van der Waals surface area contributed by atoms with E-state index in [4.69, 9.17) is 9.47 Å². The number of carbonyl (C=O) groups is 3. The lowest BCUT2D eigenvalue weighted by molar-refractivity contribution is -0.291. The first kappa shape index (κ1) is 36.3. The molecule has 47 heavy (non-hydrogen) atoms. The van der Waals surface area contributed by atoms with Crippen molar-refractivity contribution < 1.29 is 59.6 Å². The first-order valence-electron chi connectivity index (χ1n) is 16.7. The standard InChI is InChI=1S/C35H52O12/c1-16-17-8-9-22-32(4)13-20(38)29(35(7,45)23(39)10-11-31(2,3)44)33(32,5)14-24(40)34(22,6)18(17)12-19(37)28(16)47-30-27(43)26(42)25(41)21(15-36)46-30/h8,18,20-22,25-27,29-30,36,38,41-45H,9-15H2,1-7H3/t18-,20-,21-,22+,25-,26+,27-,29?,30?,32+,33-,34+,35?/m1/s1. The molecule has 4 aliphatic carbocycles. The van der Waals surface area contributed by atoms with Gasteiger partial charge in [0.1, 0.15) is 35.8 Å². The maximum Gasteiger partial charge on any atom is 0.229 e. The van der Waals surface area contributed by atoms with Crippen molar-refractivity contribution in [2.75, 3.05) is 6.61 Å². The van der Waals surface area contributed by atoms with Crippen LogP contribution in [0, 0.1) is 34.0 Å². The van der Waals surface area contributed by atoms with Gasteiger partial charge in [-0.25, -0.2) is 0 Å². The van der Waals surface area contributed by atoms with Crippen LogP contribution in [0.4, 0.5) is 0 Å². The van der Waals surface area contributed by atoms with Gasteiger partial charge in [0.2, 0.25) is 6.29 Å². The van der Waals surface area contributed by atoms with Gasteiger partial charge < -0.3 is 45.2 Å². The number of hydrogen-bond acceptors (Lipinski definition) is 12. The number of carbonyl (C=O) groups excluding carboxylic acids is 3. The van der Waals surface area contributed by atoms with E-state index in [0.29, 0.717) is 12.0 Å². The van der Waals surface area contributed by atoms with Crippen LogP contribution < -0.4 is 0 Å². The summed E-state index contributed by atoms with van der Waals surface area (Å²) in [6.45, 7) is 11.4. The van der Waals surface area contributed by atoms with Crippen molar-refractivity contribution in [3.05, 3.63) is 23.0 Å². The van der Waals surface area contributed by atoms with Crippen molar-refractivity contribution in [2.45, 2.75) is 135 Å². The monoisotopic (exact) mass is 664 g/mol. The molecule has 0 aromatic carbocycles. The van der Waals surface area contributed by atoms with Crippen LogP contribution in [0.2, 0.25) is 0 Å². The number of ketones is 3. The predicted octanol–water partition coefficient (Wildman–Crippen LogP) is 0.856. The molecule has 0 aromatic rings. The minimum Gasteiger partial charge on any atom is -0.458 e. The van der Waals surface area contributed by atoms with Gasteiger partial charge in [-0.2, -0.15) is 0 Å². The second-order valence-corrected chi connectivity index (χ2v) is 16.2.